The molecule has 2 aromatic rings. The Morgan fingerprint density at radius 3 is 3.12 bits per heavy atom. The minimum absolute atomic E-state index is 0.192. The molecule has 0 saturated carbocycles. The van der Waals surface area contributed by atoms with E-state index in [1.807, 2.05) is 18.2 Å². The Bertz CT molecular complexity index is 503. The van der Waals surface area contributed by atoms with Crippen molar-refractivity contribution in [2.45, 2.75) is 17.7 Å². The highest BCUT2D eigenvalue weighted by atomic mass is 32.2. The Kier molecular flexibility index (Phi) is 2.64. The van der Waals surface area contributed by atoms with E-state index in [2.05, 4.69) is 21.2 Å². The van der Waals surface area contributed by atoms with Gasteiger partial charge in [0.1, 0.15) is 11.9 Å². The lowest BCUT2D eigenvalue weighted by atomic mass is 10.1. The van der Waals surface area contributed by atoms with Gasteiger partial charge in [-0.25, -0.2) is 5.10 Å². The van der Waals surface area contributed by atoms with Gasteiger partial charge in [0.15, 0.2) is 0 Å². The van der Waals surface area contributed by atoms with Crippen LogP contribution < -0.4 is 10.5 Å². The van der Waals surface area contributed by atoms with E-state index in [1.54, 1.807) is 11.8 Å². The van der Waals surface area contributed by atoms with Crippen molar-refractivity contribution < 1.29 is 4.74 Å². The molecule has 1 aliphatic heterocycles. The Morgan fingerprint density at radius 1 is 1.47 bits per heavy atom. The third-order valence-corrected chi connectivity index (χ3v) is 3.57. The number of anilines is 1. The topological polar surface area (TPSA) is 76.8 Å². The second kappa shape index (κ2) is 4.29. The highest BCUT2D eigenvalue weighted by Crippen LogP contribution is 2.30. The number of nitrogens with one attached hydrogen (secondary N) is 1. The summed E-state index contributed by atoms with van der Waals surface area (Å²) in [5.74, 6) is 2.17. The van der Waals surface area contributed by atoms with Crippen molar-refractivity contribution in [2.24, 2.45) is 0 Å². The fourth-order valence-corrected chi connectivity index (χ4v) is 2.63. The van der Waals surface area contributed by atoms with Gasteiger partial charge < -0.3 is 10.5 Å². The first kappa shape index (κ1) is 10.5. The number of aromatic amines is 1. The van der Waals surface area contributed by atoms with Crippen LogP contribution in [0.25, 0.3) is 0 Å². The van der Waals surface area contributed by atoms with E-state index < -0.39 is 0 Å². The third-order valence-electron chi connectivity index (χ3n) is 2.59. The highest BCUT2D eigenvalue weighted by molar-refractivity contribution is 7.99. The van der Waals surface area contributed by atoms with Crippen molar-refractivity contribution >= 4 is 17.7 Å². The molecule has 1 atom stereocenters. The van der Waals surface area contributed by atoms with Crippen molar-refractivity contribution in [3.05, 3.63) is 29.8 Å². The molecule has 1 aromatic carbocycles. The number of ether oxygens (including phenoxy) is 1. The van der Waals surface area contributed by atoms with Gasteiger partial charge >= 0.3 is 0 Å². The van der Waals surface area contributed by atoms with Crippen LogP contribution in [0.1, 0.15) is 5.56 Å². The molecule has 0 spiro atoms. The van der Waals surface area contributed by atoms with Gasteiger partial charge in [-0.15, -0.1) is 5.10 Å². The summed E-state index contributed by atoms with van der Waals surface area (Å²) in [7, 11) is 0. The quantitative estimate of drug-likeness (QED) is 0.805. The maximum absolute atomic E-state index is 5.82. The zero-order chi connectivity index (χ0) is 11.7. The van der Waals surface area contributed by atoms with E-state index >= 15 is 0 Å². The van der Waals surface area contributed by atoms with Gasteiger partial charge in [-0.3, -0.25) is 0 Å². The molecule has 1 unspecified atom stereocenters. The molecule has 0 aliphatic carbocycles. The first-order valence-corrected chi connectivity index (χ1v) is 6.35. The van der Waals surface area contributed by atoms with Crippen molar-refractivity contribution in [1.29, 1.82) is 0 Å². The van der Waals surface area contributed by atoms with Crippen LogP contribution in [0.15, 0.2) is 29.4 Å². The van der Waals surface area contributed by atoms with Crippen LogP contribution in [0.3, 0.4) is 0 Å². The number of thioether (sulfide) groups is 1. The van der Waals surface area contributed by atoms with Gasteiger partial charge in [-0.1, -0.05) is 30.0 Å². The molecule has 88 valence electrons. The monoisotopic (exact) mass is 248 g/mol. The summed E-state index contributed by atoms with van der Waals surface area (Å²) < 4.78 is 5.82. The van der Waals surface area contributed by atoms with Gasteiger partial charge in [0.05, 0.1) is 0 Å². The summed E-state index contributed by atoms with van der Waals surface area (Å²) in [5, 5.41) is 7.26. The molecule has 0 fully saturated rings. The lowest BCUT2D eigenvalue weighted by Gasteiger charge is -2.07. The van der Waals surface area contributed by atoms with Crippen LogP contribution in [-0.2, 0) is 6.42 Å². The molecule has 3 rings (SSSR count). The zero-order valence-electron chi connectivity index (χ0n) is 9.09. The summed E-state index contributed by atoms with van der Waals surface area (Å²) in [6, 6.07) is 8.13. The molecule has 0 radical (unpaired) electrons. The van der Waals surface area contributed by atoms with Gasteiger partial charge in [0.2, 0.25) is 11.1 Å². The van der Waals surface area contributed by atoms with Crippen LogP contribution in [-0.4, -0.2) is 27.0 Å². The molecule has 0 amide bonds. The predicted molar refractivity (Wildman–Crippen MR) is 66.1 cm³/mol. The van der Waals surface area contributed by atoms with Crippen LogP contribution in [0.4, 0.5) is 5.95 Å². The van der Waals surface area contributed by atoms with E-state index in [0.717, 1.165) is 17.9 Å². The molecule has 6 heteroatoms. The first-order chi connectivity index (χ1) is 8.31. The second-order valence-corrected chi connectivity index (χ2v) is 4.85. The standard InChI is InChI=1S/C11H12N4OS/c12-10-13-11(15-14-10)17-6-8-5-7-3-1-2-4-9(7)16-8/h1-4,8H,5-6H2,(H3,12,13,14,15). The number of nitrogen functional groups attached to an aromatic ring is 1. The largest absolute Gasteiger partial charge is 0.489 e. The van der Waals surface area contributed by atoms with Crippen LogP contribution >= 0.6 is 11.8 Å². The fraction of sp³-hybridized carbons (Fsp3) is 0.273. The van der Waals surface area contributed by atoms with Crippen molar-refractivity contribution in [1.82, 2.24) is 15.2 Å². The molecule has 1 aromatic heterocycles. The van der Waals surface area contributed by atoms with E-state index in [0.29, 0.717) is 11.1 Å². The van der Waals surface area contributed by atoms with E-state index in [-0.39, 0.29) is 6.10 Å². The van der Waals surface area contributed by atoms with Gasteiger partial charge in [0.25, 0.3) is 0 Å². The molecule has 17 heavy (non-hydrogen) atoms. The number of hydrogen-bond acceptors (Lipinski definition) is 5. The zero-order valence-corrected chi connectivity index (χ0v) is 9.91. The number of benzene rings is 1. The molecule has 5 nitrogen and oxygen atoms in total. The van der Waals surface area contributed by atoms with E-state index in [1.165, 1.54) is 5.56 Å². The number of rotatable bonds is 3. The van der Waals surface area contributed by atoms with Crippen molar-refractivity contribution in [3.8, 4) is 5.75 Å². The average Bonchev–Trinajstić information content (AvgIpc) is 2.91. The fourth-order valence-electron chi connectivity index (χ4n) is 1.84. The number of hydrogen-bond donors (Lipinski definition) is 2. The Balaban J connectivity index is 1.59. The van der Waals surface area contributed by atoms with Crippen LogP contribution in [0.2, 0.25) is 0 Å². The molecule has 1 aliphatic rings. The minimum Gasteiger partial charge on any atom is -0.489 e. The lowest BCUT2D eigenvalue weighted by Crippen LogP contribution is -2.15. The molecule has 0 bridgehead atoms. The molecule has 2 heterocycles. The third kappa shape index (κ3) is 2.21. The van der Waals surface area contributed by atoms with Crippen molar-refractivity contribution in [3.63, 3.8) is 0 Å². The van der Waals surface area contributed by atoms with Gasteiger partial charge in [-0.05, 0) is 11.6 Å². The predicted octanol–water partition coefficient (Wildman–Crippen LogP) is 1.48. The first-order valence-electron chi connectivity index (χ1n) is 5.36. The second-order valence-electron chi connectivity index (χ2n) is 3.87. The molecular weight excluding hydrogens is 236 g/mol. The molecule has 3 N–H and O–H groups in total. The SMILES string of the molecule is Nc1nc(SCC2Cc3ccccc3O2)n[nH]1. The number of para-hydroxylation sites is 1. The summed E-state index contributed by atoms with van der Waals surface area (Å²) in [6.45, 7) is 0. The maximum Gasteiger partial charge on any atom is 0.216 e. The molecule has 0 saturated heterocycles. The van der Waals surface area contributed by atoms with Crippen LogP contribution in [0.5, 0.6) is 5.75 Å². The Labute approximate surface area is 103 Å². The van der Waals surface area contributed by atoms with Gasteiger partial charge in [-0.2, -0.15) is 4.98 Å². The number of H-pyrrole nitrogens is 1. The molecular formula is C11H12N4OS. The minimum atomic E-state index is 0.192. The Morgan fingerprint density at radius 2 is 2.35 bits per heavy atom. The highest BCUT2D eigenvalue weighted by Gasteiger charge is 2.22. The summed E-state index contributed by atoms with van der Waals surface area (Å²) in [6.07, 6.45) is 1.14. The van der Waals surface area contributed by atoms with Gasteiger partial charge in [0, 0.05) is 12.2 Å². The smallest absolute Gasteiger partial charge is 0.216 e. The number of nitrogens with two attached hydrogens (primary N) is 1. The lowest BCUT2D eigenvalue weighted by molar-refractivity contribution is 0.259. The summed E-state index contributed by atoms with van der Waals surface area (Å²) in [5.41, 5.74) is 6.73. The number of nitrogens with zero attached hydrogens (tertiary/aromatic N) is 2. The average molecular weight is 248 g/mol. The van der Waals surface area contributed by atoms with E-state index in [4.69, 9.17) is 10.5 Å². The normalized spacial score (nSPS) is 17.8. The summed E-state index contributed by atoms with van der Waals surface area (Å²) >= 11 is 1.55. The summed E-state index contributed by atoms with van der Waals surface area (Å²) in [4.78, 5) is 4.04. The Hall–Kier alpha value is -1.69. The van der Waals surface area contributed by atoms with Crippen molar-refractivity contribution in [2.75, 3.05) is 11.5 Å². The number of fused-ring (bicyclic) bond motifs is 1. The van der Waals surface area contributed by atoms with E-state index in [9.17, 15) is 0 Å². The van der Waals surface area contributed by atoms with Crippen LogP contribution in [0, 0.1) is 0 Å². The maximum atomic E-state index is 5.82. The number of aromatic nitrogens is 3.